The lowest BCUT2D eigenvalue weighted by atomic mass is 9.99. The molecule has 0 aromatic rings. The molecule has 0 amide bonds. The smallest absolute Gasteiger partial charge is 0.348 e. The summed E-state index contributed by atoms with van der Waals surface area (Å²) in [5.41, 5.74) is -1.59. The van der Waals surface area contributed by atoms with E-state index in [2.05, 4.69) is 9.98 Å². The molecule has 0 bridgehead atoms. The van der Waals surface area contributed by atoms with Crippen LogP contribution in [-0.2, 0) is 14.3 Å². The largest absolute Gasteiger partial charge is 0.467 e. The third-order valence-electron chi connectivity index (χ3n) is 2.36. The van der Waals surface area contributed by atoms with Crippen molar-refractivity contribution >= 4 is 56.5 Å². The number of hydrogen-bond acceptors (Lipinski definition) is 8. The summed E-state index contributed by atoms with van der Waals surface area (Å²) in [5.74, 6) is -1.00. The molecular formula is C10H14N2O3S3. The minimum absolute atomic E-state index is 0.0230. The molecule has 8 heteroatoms. The molecular weight excluding hydrogens is 292 g/mol. The van der Waals surface area contributed by atoms with Crippen molar-refractivity contribution in [3.05, 3.63) is 0 Å². The summed E-state index contributed by atoms with van der Waals surface area (Å²) < 4.78 is 5.40. The first-order chi connectivity index (χ1) is 8.56. The normalized spacial score (nSPS) is 22.7. The quantitative estimate of drug-likeness (QED) is 0.332. The number of aliphatic imine (C=N–C) groups is 2. The standard InChI is InChI=1S/C10H14N2O3S3/c1-15-8(14)10(12-9(17-3)18-4)6(13)5-11-7(10)16-2/h5H2,1-4H3. The van der Waals surface area contributed by atoms with Gasteiger partial charge < -0.3 is 4.74 Å². The Morgan fingerprint density at radius 1 is 1.39 bits per heavy atom. The van der Waals surface area contributed by atoms with Gasteiger partial charge in [-0.05, 0) is 18.8 Å². The van der Waals surface area contributed by atoms with Crippen LogP contribution in [-0.4, -0.2) is 59.1 Å². The number of rotatable bonds is 2. The van der Waals surface area contributed by atoms with E-state index in [0.717, 1.165) is 0 Å². The SMILES string of the molecule is COC(=O)C1(N=C(SC)SC)C(=O)CN=C1SC. The number of thioether (sulfide) groups is 3. The average Bonchev–Trinajstić information content (AvgIpc) is 2.72. The van der Waals surface area contributed by atoms with Crippen molar-refractivity contribution < 1.29 is 14.3 Å². The first-order valence-corrected chi connectivity index (χ1v) is 8.62. The third-order valence-corrected chi connectivity index (χ3v) is 5.05. The van der Waals surface area contributed by atoms with E-state index in [9.17, 15) is 9.59 Å². The highest BCUT2D eigenvalue weighted by molar-refractivity contribution is 8.38. The maximum Gasteiger partial charge on any atom is 0.348 e. The molecule has 1 unspecified atom stereocenters. The third kappa shape index (κ3) is 2.60. The van der Waals surface area contributed by atoms with Gasteiger partial charge in [0.05, 0.1) is 7.11 Å². The van der Waals surface area contributed by atoms with Gasteiger partial charge in [0.25, 0.3) is 5.54 Å². The molecule has 0 aliphatic carbocycles. The molecule has 0 saturated carbocycles. The molecule has 0 spiro atoms. The van der Waals surface area contributed by atoms with E-state index in [-0.39, 0.29) is 12.3 Å². The summed E-state index contributed by atoms with van der Waals surface area (Å²) in [6.45, 7) is -0.0230. The molecule has 1 atom stereocenters. The van der Waals surface area contributed by atoms with Crippen LogP contribution in [0.15, 0.2) is 9.98 Å². The van der Waals surface area contributed by atoms with Gasteiger partial charge in [-0.3, -0.25) is 9.79 Å². The molecule has 5 nitrogen and oxygen atoms in total. The van der Waals surface area contributed by atoms with Crippen LogP contribution in [0.2, 0.25) is 0 Å². The number of ketones is 1. The number of carbonyl (C=O) groups is 2. The van der Waals surface area contributed by atoms with Gasteiger partial charge in [0.2, 0.25) is 0 Å². The maximum atomic E-state index is 12.1. The molecule has 0 fully saturated rings. The van der Waals surface area contributed by atoms with Crippen LogP contribution in [0, 0.1) is 0 Å². The predicted molar refractivity (Wildman–Crippen MR) is 80.0 cm³/mol. The average molecular weight is 306 g/mol. The van der Waals surface area contributed by atoms with Gasteiger partial charge in [-0.25, -0.2) is 9.79 Å². The van der Waals surface area contributed by atoms with Gasteiger partial charge in [0.15, 0.2) is 5.78 Å². The van der Waals surface area contributed by atoms with E-state index >= 15 is 0 Å². The fourth-order valence-electron chi connectivity index (χ4n) is 1.52. The minimum atomic E-state index is -1.59. The molecule has 0 aromatic carbocycles. The zero-order valence-electron chi connectivity index (χ0n) is 10.6. The zero-order chi connectivity index (χ0) is 13.8. The number of carbonyl (C=O) groups excluding carboxylic acids is 2. The highest BCUT2D eigenvalue weighted by Crippen LogP contribution is 2.31. The van der Waals surface area contributed by atoms with Crippen molar-refractivity contribution in [1.29, 1.82) is 0 Å². The lowest BCUT2D eigenvalue weighted by molar-refractivity contribution is -0.147. The summed E-state index contributed by atoms with van der Waals surface area (Å²) in [4.78, 5) is 32.5. The zero-order valence-corrected chi connectivity index (χ0v) is 13.0. The van der Waals surface area contributed by atoms with Gasteiger partial charge in [0, 0.05) is 0 Å². The second-order valence-corrected chi connectivity index (χ2v) is 5.88. The molecule has 0 saturated heterocycles. The van der Waals surface area contributed by atoms with Gasteiger partial charge >= 0.3 is 5.97 Å². The van der Waals surface area contributed by atoms with Crippen molar-refractivity contribution in [3.8, 4) is 0 Å². The van der Waals surface area contributed by atoms with Crippen molar-refractivity contribution in [1.82, 2.24) is 0 Å². The van der Waals surface area contributed by atoms with Crippen LogP contribution in [0.5, 0.6) is 0 Å². The van der Waals surface area contributed by atoms with Crippen LogP contribution in [0.1, 0.15) is 0 Å². The number of hydrogen-bond donors (Lipinski definition) is 0. The second kappa shape index (κ2) is 6.63. The molecule has 0 N–H and O–H groups in total. The Hall–Kier alpha value is -0.470. The first kappa shape index (κ1) is 15.6. The highest BCUT2D eigenvalue weighted by Gasteiger charge is 2.54. The molecule has 1 aliphatic heterocycles. The Labute approximate surface area is 119 Å². The first-order valence-electron chi connectivity index (χ1n) is 4.95. The van der Waals surface area contributed by atoms with Crippen molar-refractivity contribution in [2.75, 3.05) is 32.4 Å². The number of Topliss-reactive ketones (excluding diaryl/α,β-unsaturated/α-hetero) is 1. The molecule has 0 aromatic heterocycles. The summed E-state index contributed by atoms with van der Waals surface area (Å²) >= 11 is 4.03. The molecule has 1 aliphatic rings. The van der Waals surface area contributed by atoms with E-state index in [1.807, 2.05) is 12.5 Å². The van der Waals surface area contributed by atoms with Crippen molar-refractivity contribution in [2.24, 2.45) is 9.98 Å². The Bertz CT molecular complexity index is 417. The fourth-order valence-corrected chi connectivity index (χ4v) is 3.38. The monoisotopic (exact) mass is 306 g/mol. The number of esters is 1. The fraction of sp³-hybridized carbons (Fsp3) is 0.600. The summed E-state index contributed by atoms with van der Waals surface area (Å²) in [6, 6.07) is 0. The Morgan fingerprint density at radius 3 is 2.44 bits per heavy atom. The summed E-state index contributed by atoms with van der Waals surface area (Å²) in [6.07, 6.45) is 5.45. The molecule has 1 heterocycles. The maximum absolute atomic E-state index is 12.1. The van der Waals surface area contributed by atoms with Gasteiger partial charge in [0.1, 0.15) is 16.0 Å². The molecule has 0 radical (unpaired) electrons. The van der Waals surface area contributed by atoms with Crippen LogP contribution in [0.3, 0.4) is 0 Å². The van der Waals surface area contributed by atoms with Gasteiger partial charge in [-0.15, -0.1) is 35.3 Å². The molecule has 1 rings (SSSR count). The summed E-state index contributed by atoms with van der Waals surface area (Å²) in [5, 5.41) is 0.403. The Kier molecular flexibility index (Phi) is 5.74. The van der Waals surface area contributed by atoms with E-state index in [1.54, 1.807) is 6.26 Å². The van der Waals surface area contributed by atoms with Gasteiger partial charge in [-0.2, -0.15) is 0 Å². The molecule has 18 heavy (non-hydrogen) atoms. The van der Waals surface area contributed by atoms with Crippen LogP contribution in [0.4, 0.5) is 0 Å². The Morgan fingerprint density at radius 2 is 2.00 bits per heavy atom. The minimum Gasteiger partial charge on any atom is -0.467 e. The van der Waals surface area contributed by atoms with Crippen LogP contribution >= 0.6 is 35.3 Å². The van der Waals surface area contributed by atoms with E-state index in [0.29, 0.717) is 9.42 Å². The predicted octanol–water partition coefficient (Wildman–Crippen LogP) is 1.32. The van der Waals surface area contributed by atoms with E-state index in [1.165, 1.54) is 42.4 Å². The lowest BCUT2D eigenvalue weighted by Gasteiger charge is -2.21. The number of nitrogens with zero attached hydrogens (tertiary/aromatic N) is 2. The van der Waals surface area contributed by atoms with E-state index < -0.39 is 11.5 Å². The molecule has 100 valence electrons. The Balaban J connectivity index is 3.35. The topological polar surface area (TPSA) is 68.1 Å². The second-order valence-electron chi connectivity index (χ2n) is 3.24. The number of methoxy groups -OCH3 is 1. The summed E-state index contributed by atoms with van der Waals surface area (Å²) in [7, 11) is 1.25. The number of ether oxygens (including phenoxy) is 1. The highest BCUT2D eigenvalue weighted by atomic mass is 32.2. The van der Waals surface area contributed by atoms with Gasteiger partial charge in [-0.1, -0.05) is 0 Å². The van der Waals surface area contributed by atoms with E-state index in [4.69, 9.17) is 4.74 Å². The van der Waals surface area contributed by atoms with Crippen molar-refractivity contribution in [3.63, 3.8) is 0 Å². The lowest BCUT2D eigenvalue weighted by Crippen LogP contribution is -2.49. The van der Waals surface area contributed by atoms with Crippen molar-refractivity contribution in [2.45, 2.75) is 5.54 Å². The van der Waals surface area contributed by atoms with Crippen LogP contribution < -0.4 is 0 Å². The van der Waals surface area contributed by atoms with Crippen LogP contribution in [0.25, 0.3) is 0 Å².